The van der Waals surface area contributed by atoms with Gasteiger partial charge in [-0.3, -0.25) is 14.4 Å². The van der Waals surface area contributed by atoms with Gasteiger partial charge >= 0.3 is 0 Å². The number of aliphatic hydroxyl groups is 1. The van der Waals surface area contributed by atoms with Gasteiger partial charge < -0.3 is 29.4 Å². The van der Waals surface area contributed by atoms with Crippen LogP contribution in [0.1, 0.15) is 52.0 Å². The number of hydrogen-bond acceptors (Lipinski definition) is 6. The van der Waals surface area contributed by atoms with E-state index in [-0.39, 0.29) is 37.4 Å². The van der Waals surface area contributed by atoms with Crippen molar-refractivity contribution in [2.24, 2.45) is 11.8 Å². The fourth-order valence-corrected chi connectivity index (χ4v) is 8.27. The summed E-state index contributed by atoms with van der Waals surface area (Å²) in [7, 11) is 0. The molecule has 3 saturated heterocycles. The molecule has 2 unspecified atom stereocenters. The molecule has 0 radical (unpaired) electrons. The number of amides is 3. The Morgan fingerprint density at radius 2 is 1.62 bits per heavy atom. The fraction of sp³-hybridized carbons (Fsp3) is 0.500. The second kappa shape index (κ2) is 14.4. The largest absolute Gasteiger partial charge is 0.396 e. The van der Waals surface area contributed by atoms with E-state index in [4.69, 9.17) is 4.74 Å². The van der Waals surface area contributed by atoms with Gasteiger partial charge in [0.2, 0.25) is 11.8 Å². The maximum Gasteiger partial charge on any atom is 0.253 e. The minimum absolute atomic E-state index is 0.127. The molecule has 3 heterocycles. The summed E-state index contributed by atoms with van der Waals surface area (Å²) in [5, 5.41) is 9.79. The minimum atomic E-state index is -1.16. The molecule has 3 aliphatic heterocycles. The fourth-order valence-electron chi connectivity index (χ4n) is 8.27. The van der Waals surface area contributed by atoms with Crippen molar-refractivity contribution in [2.45, 2.75) is 70.2 Å². The zero-order valence-corrected chi connectivity index (χ0v) is 28.1. The molecular formula is C38H50N4O5. The Morgan fingerprint density at radius 3 is 2.21 bits per heavy atom. The molecule has 2 bridgehead atoms. The van der Waals surface area contributed by atoms with Crippen LogP contribution in [0.4, 0.5) is 11.4 Å². The molecule has 9 heteroatoms. The molecule has 2 aromatic rings. The number of fused-ring (bicyclic) bond motifs is 1. The quantitative estimate of drug-likeness (QED) is 0.265. The molecule has 0 aliphatic carbocycles. The van der Waals surface area contributed by atoms with Crippen LogP contribution in [0.15, 0.2) is 79.9 Å². The lowest BCUT2D eigenvalue weighted by molar-refractivity contribution is -0.151. The van der Waals surface area contributed by atoms with Crippen molar-refractivity contribution in [3.8, 4) is 0 Å². The maximum atomic E-state index is 14.9. The first kappa shape index (κ1) is 34.4. The molecule has 9 nitrogen and oxygen atoms in total. The van der Waals surface area contributed by atoms with Gasteiger partial charge in [0, 0.05) is 57.3 Å². The number of carbonyl (C=O) groups excluding carboxylic acids is 3. The van der Waals surface area contributed by atoms with Gasteiger partial charge in [0.1, 0.15) is 11.6 Å². The number of hydrogen-bond donors (Lipinski definition) is 1. The predicted octanol–water partition coefficient (Wildman–Crippen LogP) is 4.80. The van der Waals surface area contributed by atoms with Gasteiger partial charge in [-0.05, 0) is 69.4 Å². The Labute approximate surface area is 279 Å². The standard InChI is InChI=1S/C38H50N4O5/c1-6-23-40(27-28-15-12-11-13-16-28)34(44)31-32-35(45)42(25-14-26-43)33(38(32)22-21-37(31,8-3)47-38)36(46)41(24-7-2)30-19-17-29(18-20-30)39(9-4)10-5/h6-7,11-13,15-20,31-33,43H,1-2,8-10,14,21-27H2,3-5H3/t31-,32+,33?,37+,38?/m1/s1. The average Bonchev–Trinajstić information content (AvgIpc) is 3.70. The van der Waals surface area contributed by atoms with Crippen LogP contribution in [0.25, 0.3) is 0 Å². The van der Waals surface area contributed by atoms with Crippen LogP contribution in [0.2, 0.25) is 0 Å². The number of ether oxygens (including phenoxy) is 1. The number of likely N-dealkylation sites (tertiary alicyclic amines) is 1. The zero-order valence-electron chi connectivity index (χ0n) is 28.1. The molecule has 0 aromatic heterocycles. The van der Waals surface area contributed by atoms with Crippen molar-refractivity contribution in [2.75, 3.05) is 49.1 Å². The maximum absolute atomic E-state index is 14.9. The zero-order chi connectivity index (χ0) is 33.8. The third-order valence-electron chi connectivity index (χ3n) is 10.5. The van der Waals surface area contributed by atoms with E-state index in [0.717, 1.165) is 24.3 Å². The van der Waals surface area contributed by atoms with Crippen LogP contribution in [0.5, 0.6) is 0 Å². The first-order valence-corrected chi connectivity index (χ1v) is 17.1. The summed E-state index contributed by atoms with van der Waals surface area (Å²) >= 11 is 0. The SMILES string of the molecule is C=CCN(Cc1ccccc1)C(=O)[C@H]1[C@H]2C(=O)N(CCCO)C(C(=O)N(CC=C)c3ccc(N(CC)CC)cc3)C23CC[C@]1(CC)O3. The van der Waals surface area contributed by atoms with Crippen molar-refractivity contribution in [1.29, 1.82) is 0 Å². The van der Waals surface area contributed by atoms with Crippen molar-refractivity contribution >= 4 is 29.1 Å². The van der Waals surface area contributed by atoms with E-state index in [1.54, 1.807) is 26.9 Å². The third kappa shape index (κ3) is 6.00. The van der Waals surface area contributed by atoms with E-state index in [1.165, 1.54) is 0 Å². The number of rotatable bonds is 16. The number of carbonyl (C=O) groups is 3. The molecule has 3 fully saturated rings. The van der Waals surface area contributed by atoms with Crippen LogP contribution in [-0.2, 0) is 25.7 Å². The first-order chi connectivity index (χ1) is 22.7. The van der Waals surface area contributed by atoms with E-state index in [1.807, 2.05) is 61.5 Å². The van der Waals surface area contributed by atoms with Crippen molar-refractivity contribution in [3.63, 3.8) is 0 Å². The Balaban J connectivity index is 1.55. The Morgan fingerprint density at radius 1 is 0.957 bits per heavy atom. The number of anilines is 2. The molecule has 3 amide bonds. The van der Waals surface area contributed by atoms with Crippen LogP contribution >= 0.6 is 0 Å². The van der Waals surface area contributed by atoms with Crippen molar-refractivity contribution < 1.29 is 24.2 Å². The predicted molar refractivity (Wildman–Crippen MR) is 185 cm³/mol. The minimum Gasteiger partial charge on any atom is -0.396 e. The lowest BCUT2D eigenvalue weighted by atomic mass is 9.64. The van der Waals surface area contributed by atoms with Crippen LogP contribution in [-0.4, -0.2) is 89.2 Å². The second-order valence-electron chi connectivity index (χ2n) is 12.9. The summed E-state index contributed by atoms with van der Waals surface area (Å²) in [6.07, 6.45) is 5.32. The number of aliphatic hydroxyl groups excluding tert-OH is 1. The topological polar surface area (TPSA) is 93.6 Å². The lowest BCUT2D eigenvalue weighted by Crippen LogP contribution is -2.56. The average molecular weight is 643 g/mol. The summed E-state index contributed by atoms with van der Waals surface area (Å²) in [5.41, 5.74) is 0.726. The van der Waals surface area contributed by atoms with E-state index < -0.39 is 29.1 Å². The lowest BCUT2D eigenvalue weighted by Gasteiger charge is -2.37. The summed E-state index contributed by atoms with van der Waals surface area (Å²) in [6.45, 7) is 16.8. The van der Waals surface area contributed by atoms with Gasteiger partial charge in [-0.1, -0.05) is 49.4 Å². The number of benzene rings is 2. The highest BCUT2D eigenvalue weighted by molar-refractivity contribution is 6.05. The monoisotopic (exact) mass is 642 g/mol. The summed E-state index contributed by atoms with van der Waals surface area (Å²) in [4.78, 5) is 51.4. The van der Waals surface area contributed by atoms with Crippen LogP contribution in [0, 0.1) is 11.8 Å². The van der Waals surface area contributed by atoms with Crippen LogP contribution in [0.3, 0.4) is 0 Å². The summed E-state index contributed by atoms with van der Waals surface area (Å²) in [6, 6.07) is 16.7. The third-order valence-corrected chi connectivity index (χ3v) is 10.5. The normalized spacial score (nSPS) is 25.8. The number of nitrogens with zero attached hydrogens (tertiary/aromatic N) is 4. The van der Waals surface area contributed by atoms with Gasteiger partial charge in [0.05, 0.1) is 17.4 Å². The molecule has 252 valence electrons. The Kier molecular flexibility index (Phi) is 10.6. The first-order valence-electron chi connectivity index (χ1n) is 17.1. The smallest absolute Gasteiger partial charge is 0.253 e. The van der Waals surface area contributed by atoms with E-state index in [2.05, 4.69) is 31.9 Å². The molecule has 3 aliphatic rings. The molecule has 5 atom stereocenters. The van der Waals surface area contributed by atoms with Gasteiger partial charge in [0.25, 0.3) is 5.91 Å². The highest BCUT2D eigenvalue weighted by Crippen LogP contribution is 2.64. The second-order valence-corrected chi connectivity index (χ2v) is 12.9. The molecular weight excluding hydrogens is 592 g/mol. The van der Waals surface area contributed by atoms with E-state index in [0.29, 0.717) is 44.5 Å². The molecule has 2 aromatic carbocycles. The van der Waals surface area contributed by atoms with Gasteiger partial charge in [0.15, 0.2) is 0 Å². The molecule has 0 saturated carbocycles. The molecule has 5 rings (SSSR count). The Hall–Kier alpha value is -3.95. The van der Waals surface area contributed by atoms with Gasteiger partial charge in [-0.25, -0.2) is 0 Å². The highest BCUT2D eigenvalue weighted by Gasteiger charge is 2.79. The van der Waals surface area contributed by atoms with Crippen molar-refractivity contribution in [1.82, 2.24) is 9.80 Å². The molecule has 1 spiro atoms. The van der Waals surface area contributed by atoms with Gasteiger partial charge in [-0.2, -0.15) is 0 Å². The van der Waals surface area contributed by atoms with Gasteiger partial charge in [-0.15, -0.1) is 13.2 Å². The van der Waals surface area contributed by atoms with Crippen LogP contribution < -0.4 is 9.80 Å². The van der Waals surface area contributed by atoms with E-state index in [9.17, 15) is 19.5 Å². The molecule has 1 N–H and O–H groups in total. The summed E-state index contributed by atoms with van der Waals surface area (Å²) in [5.74, 6) is -2.22. The van der Waals surface area contributed by atoms with Crippen molar-refractivity contribution in [3.05, 3.63) is 85.5 Å². The summed E-state index contributed by atoms with van der Waals surface area (Å²) < 4.78 is 7.01. The molecule has 47 heavy (non-hydrogen) atoms. The van der Waals surface area contributed by atoms with E-state index >= 15 is 0 Å². The Bertz CT molecular complexity index is 1440. The highest BCUT2D eigenvalue weighted by atomic mass is 16.5.